The van der Waals surface area contributed by atoms with Crippen LogP contribution in [0.4, 0.5) is 5.69 Å². The second-order valence-electron chi connectivity index (χ2n) is 6.56. The number of aromatic nitrogens is 4. The molecule has 1 aliphatic heterocycles. The molecule has 5 rings (SSSR count). The van der Waals surface area contributed by atoms with Crippen molar-refractivity contribution in [2.24, 2.45) is 12.0 Å². The minimum atomic E-state index is 0.384. The van der Waals surface area contributed by atoms with E-state index in [9.17, 15) is 0 Å². The van der Waals surface area contributed by atoms with Crippen molar-refractivity contribution in [3.8, 4) is 17.8 Å². The van der Waals surface area contributed by atoms with E-state index < -0.39 is 0 Å². The van der Waals surface area contributed by atoms with Gasteiger partial charge in [0.25, 0.3) is 0 Å². The minimum Gasteiger partial charge on any atom is -0.418 e. The zero-order valence-electron chi connectivity index (χ0n) is 15.5. The molecule has 0 aliphatic carbocycles. The molecule has 29 heavy (non-hydrogen) atoms. The van der Waals surface area contributed by atoms with Crippen LogP contribution in [-0.4, -0.2) is 25.6 Å². The van der Waals surface area contributed by atoms with Crippen LogP contribution in [0.3, 0.4) is 0 Å². The highest BCUT2D eigenvalue weighted by Gasteiger charge is 2.18. The van der Waals surface area contributed by atoms with Crippen molar-refractivity contribution in [2.75, 3.05) is 5.32 Å². The van der Waals surface area contributed by atoms with E-state index in [1.807, 2.05) is 43.4 Å². The van der Waals surface area contributed by atoms with E-state index in [1.54, 1.807) is 23.0 Å². The first-order valence-corrected chi connectivity index (χ1v) is 8.98. The van der Waals surface area contributed by atoms with E-state index in [0.717, 1.165) is 33.7 Å². The van der Waals surface area contributed by atoms with Gasteiger partial charge in [0, 0.05) is 36.8 Å². The predicted molar refractivity (Wildman–Crippen MR) is 108 cm³/mol. The molecule has 4 heterocycles. The summed E-state index contributed by atoms with van der Waals surface area (Å²) in [6.07, 6.45) is 3.24. The van der Waals surface area contributed by atoms with Crippen molar-refractivity contribution < 1.29 is 4.74 Å². The molecule has 0 saturated heterocycles. The van der Waals surface area contributed by atoms with Gasteiger partial charge >= 0.3 is 0 Å². The van der Waals surface area contributed by atoms with Crippen LogP contribution in [0.25, 0.3) is 10.9 Å². The Morgan fingerprint density at radius 3 is 2.93 bits per heavy atom. The number of pyridine rings is 2. The Kier molecular flexibility index (Phi) is 3.92. The van der Waals surface area contributed by atoms with Gasteiger partial charge in [-0.05, 0) is 30.3 Å². The van der Waals surface area contributed by atoms with Crippen molar-refractivity contribution in [1.29, 1.82) is 5.26 Å². The molecular weight excluding hydrogens is 366 g/mol. The molecule has 0 fully saturated rings. The number of aryl methyl sites for hydroxylation is 1. The molecule has 0 spiro atoms. The monoisotopic (exact) mass is 381 g/mol. The Hall–Kier alpha value is -4.25. The average molecular weight is 381 g/mol. The van der Waals surface area contributed by atoms with Crippen LogP contribution in [0.2, 0.25) is 0 Å². The maximum Gasteiger partial charge on any atom is 0.247 e. The summed E-state index contributed by atoms with van der Waals surface area (Å²) in [6.45, 7) is 0.634. The van der Waals surface area contributed by atoms with E-state index in [-0.39, 0.29) is 0 Å². The number of nitrogens with zero attached hydrogens (tertiary/aromatic N) is 6. The quantitative estimate of drug-likeness (QED) is 0.584. The number of ether oxygens (including phenoxy) is 1. The van der Waals surface area contributed by atoms with Crippen molar-refractivity contribution in [2.45, 2.75) is 6.54 Å². The zero-order valence-corrected chi connectivity index (χ0v) is 15.5. The Balaban J connectivity index is 1.43. The number of benzene rings is 1. The lowest BCUT2D eigenvalue weighted by Crippen LogP contribution is -2.13. The molecule has 8 nitrogen and oxygen atoms in total. The fraction of sp³-hybridized carbons (Fsp3) is 0.0952. The first-order chi connectivity index (χ1) is 14.2. The topological polar surface area (TPSA) is 101 Å². The number of hydrogen-bond acceptors (Lipinski definition) is 7. The highest BCUT2D eigenvalue weighted by Crippen LogP contribution is 2.30. The molecule has 0 atom stereocenters. The van der Waals surface area contributed by atoms with Gasteiger partial charge in [-0.2, -0.15) is 5.26 Å². The van der Waals surface area contributed by atoms with Crippen molar-refractivity contribution >= 4 is 22.4 Å². The average Bonchev–Trinajstić information content (AvgIpc) is 3.30. The number of nitriles is 1. The molecule has 0 bridgehead atoms. The summed E-state index contributed by atoms with van der Waals surface area (Å²) in [4.78, 5) is 13.1. The van der Waals surface area contributed by atoms with E-state index in [4.69, 9.17) is 10.00 Å². The smallest absolute Gasteiger partial charge is 0.247 e. The fourth-order valence-electron chi connectivity index (χ4n) is 3.24. The maximum absolute atomic E-state index is 8.88. The van der Waals surface area contributed by atoms with Crippen molar-refractivity contribution in [3.05, 3.63) is 71.7 Å². The summed E-state index contributed by atoms with van der Waals surface area (Å²) in [6, 6.07) is 15.2. The third kappa shape index (κ3) is 3.04. The Labute approximate surface area is 166 Å². The van der Waals surface area contributed by atoms with Gasteiger partial charge < -0.3 is 10.1 Å². The number of fused-ring (bicyclic) bond motifs is 2. The molecule has 140 valence electrons. The van der Waals surface area contributed by atoms with Crippen LogP contribution < -0.4 is 10.1 Å². The molecule has 0 amide bonds. The van der Waals surface area contributed by atoms with Crippen LogP contribution in [-0.2, 0) is 13.6 Å². The number of amidine groups is 1. The Bertz CT molecular complexity index is 1300. The van der Waals surface area contributed by atoms with Crippen LogP contribution >= 0.6 is 0 Å². The first-order valence-electron chi connectivity index (χ1n) is 8.98. The highest BCUT2D eigenvalue weighted by molar-refractivity contribution is 6.09. The van der Waals surface area contributed by atoms with Crippen molar-refractivity contribution in [3.63, 3.8) is 0 Å². The summed E-state index contributed by atoms with van der Waals surface area (Å²) in [5, 5.41) is 17.5. The number of aliphatic imine (C=N–C) groups is 1. The Morgan fingerprint density at radius 2 is 2.10 bits per heavy atom. The molecule has 4 aromatic rings. The molecule has 3 aromatic heterocycles. The van der Waals surface area contributed by atoms with E-state index in [1.165, 1.54) is 6.20 Å². The lowest BCUT2D eigenvalue weighted by atomic mass is 10.2. The summed E-state index contributed by atoms with van der Waals surface area (Å²) in [5.74, 6) is 1.60. The van der Waals surface area contributed by atoms with Gasteiger partial charge in [0.05, 0.1) is 23.0 Å². The van der Waals surface area contributed by atoms with Crippen LogP contribution in [0.5, 0.6) is 11.8 Å². The summed E-state index contributed by atoms with van der Waals surface area (Å²) < 4.78 is 7.58. The van der Waals surface area contributed by atoms with Crippen molar-refractivity contribution in [1.82, 2.24) is 19.7 Å². The lowest BCUT2D eigenvalue weighted by molar-refractivity contribution is 0.441. The van der Waals surface area contributed by atoms with E-state index in [2.05, 4.69) is 25.4 Å². The number of hydrogen-bond donors (Lipinski definition) is 1. The fourth-order valence-corrected chi connectivity index (χ4v) is 3.24. The molecular formula is C21H15N7O. The molecule has 0 radical (unpaired) electrons. The highest BCUT2D eigenvalue weighted by atomic mass is 16.5. The van der Waals surface area contributed by atoms with Gasteiger partial charge in [-0.15, -0.1) is 5.10 Å². The third-order valence-electron chi connectivity index (χ3n) is 4.67. The second-order valence-corrected chi connectivity index (χ2v) is 6.56. The molecule has 8 heteroatoms. The van der Waals surface area contributed by atoms with Gasteiger partial charge in [-0.3, -0.25) is 14.7 Å². The molecule has 1 N–H and O–H groups in total. The van der Waals surface area contributed by atoms with E-state index in [0.29, 0.717) is 23.9 Å². The van der Waals surface area contributed by atoms with Crippen LogP contribution in [0.1, 0.15) is 16.8 Å². The SMILES string of the molecule is Cn1nc(Oc2ccc(C#N)cn2)c2ccc(NC3=NCc4cccnc43)cc21. The number of nitrogens with one attached hydrogen (secondary N) is 1. The Morgan fingerprint density at radius 1 is 1.17 bits per heavy atom. The summed E-state index contributed by atoms with van der Waals surface area (Å²) in [5.41, 5.74) is 4.26. The number of anilines is 1. The largest absolute Gasteiger partial charge is 0.418 e. The summed E-state index contributed by atoms with van der Waals surface area (Å²) in [7, 11) is 1.86. The standard InChI is InChI=1S/C21H15N7O/c1-28-17-9-15(26-20-19-14(12-25-20)3-2-8-23-19)5-6-16(17)21(27-28)29-18-7-4-13(10-22)11-24-18/h2-9,11H,12H2,1H3,(H,25,26). The van der Waals surface area contributed by atoms with E-state index >= 15 is 0 Å². The lowest BCUT2D eigenvalue weighted by Gasteiger charge is -2.07. The van der Waals surface area contributed by atoms with Gasteiger partial charge in [0.15, 0.2) is 5.84 Å². The third-order valence-corrected chi connectivity index (χ3v) is 4.67. The normalized spacial score (nSPS) is 12.3. The number of rotatable bonds is 3. The summed E-state index contributed by atoms with van der Waals surface area (Å²) >= 11 is 0. The predicted octanol–water partition coefficient (Wildman–Crippen LogP) is 3.40. The minimum absolute atomic E-state index is 0.384. The molecule has 1 aliphatic rings. The van der Waals surface area contributed by atoms with Gasteiger partial charge in [0.1, 0.15) is 11.8 Å². The molecule has 0 unspecified atom stereocenters. The van der Waals surface area contributed by atoms with Gasteiger partial charge in [0.2, 0.25) is 11.8 Å². The van der Waals surface area contributed by atoms with Crippen LogP contribution in [0.15, 0.2) is 59.9 Å². The van der Waals surface area contributed by atoms with Gasteiger partial charge in [-0.25, -0.2) is 4.98 Å². The van der Waals surface area contributed by atoms with Gasteiger partial charge in [-0.1, -0.05) is 6.07 Å². The molecule has 0 saturated carbocycles. The maximum atomic E-state index is 8.88. The first kappa shape index (κ1) is 16.9. The molecule has 1 aromatic carbocycles. The second kappa shape index (κ2) is 6.73. The van der Waals surface area contributed by atoms with Crippen LogP contribution in [0, 0.1) is 11.3 Å². The zero-order chi connectivity index (χ0) is 19.8.